The van der Waals surface area contributed by atoms with Gasteiger partial charge in [0.25, 0.3) is 0 Å². The molecule has 4 atom stereocenters. The van der Waals surface area contributed by atoms with Crippen molar-refractivity contribution in [1.29, 1.82) is 0 Å². The predicted octanol–water partition coefficient (Wildman–Crippen LogP) is 5.85. The third-order valence-electron chi connectivity index (χ3n) is 7.83. The largest absolute Gasteiger partial charge is 0.298 e. The first-order chi connectivity index (χ1) is 14.9. The lowest BCUT2D eigenvalue weighted by atomic mass is 9.82. The van der Waals surface area contributed by atoms with Crippen LogP contribution in [-0.2, 0) is 6.54 Å². The van der Waals surface area contributed by atoms with Crippen molar-refractivity contribution in [3.8, 4) is 0 Å². The van der Waals surface area contributed by atoms with Gasteiger partial charge in [0, 0.05) is 24.7 Å². The van der Waals surface area contributed by atoms with E-state index < -0.39 is 0 Å². The monoisotopic (exact) mass is 427 g/mol. The molecule has 4 unspecified atom stereocenters. The van der Waals surface area contributed by atoms with E-state index in [1.807, 2.05) is 0 Å². The second kappa shape index (κ2) is 11.3. The van der Waals surface area contributed by atoms with Gasteiger partial charge < -0.3 is 0 Å². The second-order valence-electron chi connectivity index (χ2n) is 10.9. The Bertz CT molecular complexity index is 643. The van der Waals surface area contributed by atoms with Crippen LogP contribution in [0.5, 0.6) is 0 Å². The van der Waals surface area contributed by atoms with Crippen LogP contribution < -0.4 is 0 Å². The second-order valence-corrected chi connectivity index (χ2v) is 10.9. The van der Waals surface area contributed by atoms with Gasteiger partial charge in [0.15, 0.2) is 0 Å². The smallest absolute Gasteiger partial charge is 0.0439 e. The van der Waals surface area contributed by atoms with Crippen molar-refractivity contribution in [2.45, 2.75) is 97.8 Å². The fraction of sp³-hybridized carbons (Fsp3) is 0.786. The summed E-state index contributed by atoms with van der Waals surface area (Å²) in [6.07, 6.45) is 5.46. The lowest BCUT2D eigenvalue weighted by molar-refractivity contribution is 0.178. The third kappa shape index (κ3) is 6.12. The van der Waals surface area contributed by atoms with Crippen molar-refractivity contribution in [2.24, 2.45) is 11.8 Å². The molecule has 1 aliphatic carbocycles. The number of hydrogen-bond acceptors (Lipinski definition) is 3. The van der Waals surface area contributed by atoms with Gasteiger partial charge in [0.1, 0.15) is 0 Å². The topological polar surface area (TPSA) is 9.72 Å². The lowest BCUT2D eigenvalue weighted by Crippen LogP contribution is -2.38. The molecule has 0 radical (unpaired) electrons. The van der Waals surface area contributed by atoms with Gasteiger partial charge in [-0.1, -0.05) is 72.2 Å². The van der Waals surface area contributed by atoms with Gasteiger partial charge in [0.05, 0.1) is 0 Å². The van der Waals surface area contributed by atoms with Crippen molar-refractivity contribution >= 4 is 0 Å². The highest BCUT2D eigenvalue weighted by Gasteiger charge is 2.57. The Balaban J connectivity index is 1.67. The molecular weight excluding hydrogens is 378 g/mol. The van der Waals surface area contributed by atoms with Crippen LogP contribution in [0.3, 0.4) is 0 Å². The minimum Gasteiger partial charge on any atom is -0.298 e. The molecule has 1 aliphatic heterocycles. The van der Waals surface area contributed by atoms with Crippen molar-refractivity contribution in [3.05, 3.63) is 35.4 Å². The highest BCUT2D eigenvalue weighted by atomic mass is 15.4. The third-order valence-corrected chi connectivity index (χ3v) is 7.83. The maximum atomic E-state index is 2.80. The van der Waals surface area contributed by atoms with E-state index in [1.54, 1.807) is 0 Å². The molecule has 2 fully saturated rings. The Morgan fingerprint density at radius 2 is 1.52 bits per heavy atom. The maximum Gasteiger partial charge on any atom is 0.0439 e. The van der Waals surface area contributed by atoms with Gasteiger partial charge in [-0.2, -0.15) is 0 Å². The summed E-state index contributed by atoms with van der Waals surface area (Å²) in [5, 5.41) is 0. The summed E-state index contributed by atoms with van der Waals surface area (Å²) < 4.78 is 0. The normalized spacial score (nSPS) is 25.7. The molecule has 1 aromatic carbocycles. The van der Waals surface area contributed by atoms with Crippen LogP contribution in [-0.4, -0.2) is 66.1 Å². The maximum absolute atomic E-state index is 2.80. The van der Waals surface area contributed by atoms with E-state index in [9.17, 15) is 0 Å². The summed E-state index contributed by atoms with van der Waals surface area (Å²) in [5.74, 6) is 2.12. The number of rotatable bonds is 11. The van der Waals surface area contributed by atoms with Gasteiger partial charge >= 0.3 is 0 Å². The zero-order chi connectivity index (χ0) is 22.5. The summed E-state index contributed by atoms with van der Waals surface area (Å²) >= 11 is 0. The number of nitrogens with zero attached hydrogens (tertiary/aromatic N) is 3. The molecule has 1 aromatic rings. The minimum absolute atomic E-state index is 0.669. The molecule has 0 N–H and O–H groups in total. The number of hydrogen-bond donors (Lipinski definition) is 0. The van der Waals surface area contributed by atoms with Gasteiger partial charge in [-0.3, -0.25) is 14.7 Å². The van der Waals surface area contributed by atoms with Gasteiger partial charge in [0.2, 0.25) is 0 Å². The van der Waals surface area contributed by atoms with Crippen molar-refractivity contribution in [2.75, 3.05) is 33.2 Å². The van der Waals surface area contributed by atoms with Crippen molar-refractivity contribution < 1.29 is 0 Å². The molecule has 1 heterocycles. The molecule has 3 heteroatoms. The van der Waals surface area contributed by atoms with Gasteiger partial charge in [-0.05, 0) is 81.4 Å². The fourth-order valence-electron chi connectivity index (χ4n) is 6.08. The molecular formula is C28H49N3. The van der Waals surface area contributed by atoms with Crippen molar-refractivity contribution in [1.82, 2.24) is 14.7 Å². The molecule has 0 aromatic heterocycles. The highest BCUT2D eigenvalue weighted by molar-refractivity contribution is 5.27. The summed E-state index contributed by atoms with van der Waals surface area (Å²) in [7, 11) is 2.36. The lowest BCUT2D eigenvalue weighted by Gasteiger charge is -2.29. The molecule has 3 rings (SSSR count). The van der Waals surface area contributed by atoms with Crippen LogP contribution in [0.2, 0.25) is 0 Å². The summed E-state index contributed by atoms with van der Waals surface area (Å²) in [6, 6.07) is 11.7. The van der Waals surface area contributed by atoms with E-state index >= 15 is 0 Å². The highest BCUT2D eigenvalue weighted by Crippen LogP contribution is 2.40. The number of likely N-dealkylation sites (N-methyl/N-ethyl adjacent to an activating group) is 2. The molecule has 0 bridgehead atoms. The van der Waals surface area contributed by atoms with E-state index in [2.05, 4.69) is 87.6 Å². The first kappa shape index (κ1) is 24.7. The standard InChI is InChI=1S/C28H49N3/c1-8-30(9-2)27-26(28(27)31-17-11-10-12-18-31)29(7)20-23-13-15-24(16-14-23)25(22(5)6)19-21(3)4/h13-16,21-22,25-28H,8-12,17-20H2,1-7H3. The number of benzene rings is 1. The van der Waals surface area contributed by atoms with Crippen molar-refractivity contribution in [3.63, 3.8) is 0 Å². The number of likely N-dealkylation sites (tertiary alicyclic amines) is 1. The number of piperidine rings is 1. The summed E-state index contributed by atoms with van der Waals surface area (Å²) in [4.78, 5) is 8.14. The van der Waals surface area contributed by atoms with Crippen LogP contribution >= 0.6 is 0 Å². The Morgan fingerprint density at radius 3 is 2.03 bits per heavy atom. The molecule has 1 saturated heterocycles. The Morgan fingerprint density at radius 1 is 0.903 bits per heavy atom. The van der Waals surface area contributed by atoms with Crippen LogP contribution in [0, 0.1) is 11.8 Å². The van der Waals surface area contributed by atoms with Crippen LogP contribution in [0.1, 0.15) is 84.3 Å². The predicted molar refractivity (Wildman–Crippen MR) is 135 cm³/mol. The zero-order valence-electron chi connectivity index (χ0n) is 21.5. The van der Waals surface area contributed by atoms with E-state index in [0.29, 0.717) is 23.9 Å². The minimum atomic E-state index is 0.669. The molecule has 2 aliphatic rings. The zero-order valence-corrected chi connectivity index (χ0v) is 21.5. The Kier molecular flexibility index (Phi) is 9.01. The summed E-state index contributed by atoms with van der Waals surface area (Å²) in [6.45, 7) is 20.1. The quantitative estimate of drug-likeness (QED) is 0.438. The first-order valence-electron chi connectivity index (χ1n) is 13.1. The SMILES string of the molecule is CCN(CC)C1C(N(C)Cc2ccc(C(CC(C)C)C(C)C)cc2)C1N1CCCCC1. The fourth-order valence-corrected chi connectivity index (χ4v) is 6.08. The average Bonchev–Trinajstić information content (AvgIpc) is 3.49. The Hall–Kier alpha value is -0.900. The van der Waals surface area contributed by atoms with Crippen LogP contribution in [0.4, 0.5) is 0 Å². The van der Waals surface area contributed by atoms with E-state index in [-0.39, 0.29) is 0 Å². The van der Waals surface area contributed by atoms with E-state index in [4.69, 9.17) is 0 Å². The van der Waals surface area contributed by atoms with E-state index in [1.165, 1.54) is 49.9 Å². The molecule has 31 heavy (non-hydrogen) atoms. The van der Waals surface area contributed by atoms with Crippen LogP contribution in [0.15, 0.2) is 24.3 Å². The van der Waals surface area contributed by atoms with Gasteiger partial charge in [-0.15, -0.1) is 0 Å². The molecule has 1 saturated carbocycles. The molecule has 176 valence electrons. The first-order valence-corrected chi connectivity index (χ1v) is 13.1. The van der Waals surface area contributed by atoms with Crippen LogP contribution in [0.25, 0.3) is 0 Å². The summed E-state index contributed by atoms with van der Waals surface area (Å²) in [5.41, 5.74) is 2.98. The molecule has 0 spiro atoms. The van der Waals surface area contributed by atoms with Gasteiger partial charge in [-0.25, -0.2) is 0 Å². The molecule has 0 amide bonds. The average molecular weight is 428 g/mol. The Labute approximate surface area is 193 Å². The molecule has 3 nitrogen and oxygen atoms in total. The van der Waals surface area contributed by atoms with E-state index in [0.717, 1.165) is 31.6 Å².